The first-order valence-electron chi connectivity index (χ1n) is 7.22. The molecule has 0 unspecified atom stereocenters. The SMILES string of the molecule is CC.Cc1cc(OCc2ccccc2)c(C)c(C)c1OO. The highest BCUT2D eigenvalue weighted by Gasteiger charge is 2.12. The van der Waals surface area contributed by atoms with Gasteiger partial charge in [-0.2, -0.15) is 0 Å². The third-order valence-electron chi connectivity index (χ3n) is 3.31. The van der Waals surface area contributed by atoms with Gasteiger partial charge in [0.05, 0.1) is 0 Å². The molecule has 0 spiro atoms. The first-order valence-corrected chi connectivity index (χ1v) is 7.22. The normalized spacial score (nSPS) is 9.62. The Morgan fingerprint density at radius 3 is 2.14 bits per heavy atom. The summed E-state index contributed by atoms with van der Waals surface area (Å²) in [4.78, 5) is 4.42. The summed E-state index contributed by atoms with van der Waals surface area (Å²) in [6, 6.07) is 11.9. The molecule has 0 aliphatic heterocycles. The van der Waals surface area contributed by atoms with E-state index in [-0.39, 0.29) is 0 Å². The van der Waals surface area contributed by atoms with Gasteiger partial charge in [0.2, 0.25) is 0 Å². The van der Waals surface area contributed by atoms with E-state index in [1.807, 2.05) is 71.0 Å². The first-order chi connectivity index (χ1) is 10.1. The minimum absolute atomic E-state index is 0.504. The lowest BCUT2D eigenvalue weighted by atomic mass is 10.0. The van der Waals surface area contributed by atoms with E-state index in [1.54, 1.807) is 0 Å². The molecule has 0 fully saturated rings. The van der Waals surface area contributed by atoms with E-state index in [0.29, 0.717) is 12.4 Å². The number of aryl methyl sites for hydroxylation is 1. The van der Waals surface area contributed by atoms with Gasteiger partial charge in [0.1, 0.15) is 12.4 Å². The fraction of sp³-hybridized carbons (Fsp3) is 0.333. The van der Waals surface area contributed by atoms with Crippen molar-refractivity contribution in [1.82, 2.24) is 0 Å². The minimum Gasteiger partial charge on any atom is -0.489 e. The molecule has 114 valence electrons. The Labute approximate surface area is 127 Å². The fourth-order valence-corrected chi connectivity index (χ4v) is 2.05. The van der Waals surface area contributed by atoms with Gasteiger partial charge in [0, 0.05) is 5.56 Å². The van der Waals surface area contributed by atoms with Gasteiger partial charge < -0.3 is 9.62 Å². The summed E-state index contributed by atoms with van der Waals surface area (Å²) in [6.45, 7) is 10.3. The molecule has 21 heavy (non-hydrogen) atoms. The van der Waals surface area contributed by atoms with Crippen molar-refractivity contribution in [2.45, 2.75) is 41.2 Å². The van der Waals surface area contributed by atoms with Crippen LogP contribution in [0.2, 0.25) is 0 Å². The highest BCUT2D eigenvalue weighted by molar-refractivity contribution is 5.51. The van der Waals surface area contributed by atoms with Crippen LogP contribution >= 0.6 is 0 Å². The van der Waals surface area contributed by atoms with Gasteiger partial charge >= 0.3 is 0 Å². The molecule has 0 radical (unpaired) electrons. The fourth-order valence-electron chi connectivity index (χ4n) is 2.05. The molecule has 0 amide bonds. The van der Waals surface area contributed by atoms with E-state index < -0.39 is 0 Å². The van der Waals surface area contributed by atoms with Crippen molar-refractivity contribution in [3.63, 3.8) is 0 Å². The Hall–Kier alpha value is -2.00. The first kappa shape index (κ1) is 17.1. The predicted molar refractivity (Wildman–Crippen MR) is 86.0 cm³/mol. The number of rotatable bonds is 4. The Bertz CT molecular complexity index is 562. The molecule has 0 saturated carbocycles. The largest absolute Gasteiger partial charge is 0.489 e. The lowest BCUT2D eigenvalue weighted by Crippen LogP contribution is -2.01. The monoisotopic (exact) mass is 288 g/mol. The van der Waals surface area contributed by atoms with Crippen LogP contribution in [0.25, 0.3) is 0 Å². The second kappa shape index (κ2) is 8.32. The van der Waals surface area contributed by atoms with E-state index in [0.717, 1.165) is 28.0 Å². The highest BCUT2D eigenvalue weighted by atomic mass is 17.1. The van der Waals surface area contributed by atoms with E-state index in [1.165, 1.54) is 0 Å². The van der Waals surface area contributed by atoms with Gasteiger partial charge in [-0.3, -0.25) is 0 Å². The molecule has 1 N–H and O–H groups in total. The van der Waals surface area contributed by atoms with Crippen LogP contribution in [-0.2, 0) is 6.61 Å². The molecule has 0 saturated heterocycles. The van der Waals surface area contributed by atoms with Crippen LogP contribution in [-0.4, -0.2) is 5.26 Å². The zero-order valence-corrected chi connectivity index (χ0v) is 13.4. The van der Waals surface area contributed by atoms with E-state index >= 15 is 0 Å². The van der Waals surface area contributed by atoms with Crippen LogP contribution in [0.15, 0.2) is 36.4 Å². The Balaban J connectivity index is 0.00000106. The van der Waals surface area contributed by atoms with Gasteiger partial charge in [-0.1, -0.05) is 44.2 Å². The average Bonchev–Trinajstić information content (AvgIpc) is 2.53. The number of hydrogen-bond donors (Lipinski definition) is 1. The molecule has 0 atom stereocenters. The lowest BCUT2D eigenvalue weighted by molar-refractivity contribution is -0.138. The lowest BCUT2D eigenvalue weighted by Gasteiger charge is -2.15. The van der Waals surface area contributed by atoms with Crippen LogP contribution in [0.4, 0.5) is 0 Å². The van der Waals surface area contributed by atoms with Gasteiger partial charge in [-0.15, -0.1) is 0 Å². The molecule has 0 aliphatic rings. The van der Waals surface area contributed by atoms with Crippen molar-refractivity contribution in [2.24, 2.45) is 0 Å². The third kappa shape index (κ3) is 4.23. The van der Waals surface area contributed by atoms with Gasteiger partial charge in [-0.25, -0.2) is 5.26 Å². The quantitative estimate of drug-likeness (QED) is 0.630. The maximum Gasteiger partial charge on any atom is 0.171 e. The van der Waals surface area contributed by atoms with Crippen molar-refractivity contribution in [3.05, 3.63) is 58.7 Å². The molecule has 3 heteroatoms. The van der Waals surface area contributed by atoms with Crippen LogP contribution < -0.4 is 9.62 Å². The zero-order valence-electron chi connectivity index (χ0n) is 13.4. The summed E-state index contributed by atoms with van der Waals surface area (Å²) >= 11 is 0. The van der Waals surface area contributed by atoms with Crippen molar-refractivity contribution in [3.8, 4) is 11.5 Å². The molecular weight excluding hydrogens is 264 g/mol. The van der Waals surface area contributed by atoms with Crippen molar-refractivity contribution < 1.29 is 14.9 Å². The second-order valence-electron chi connectivity index (χ2n) is 4.64. The maximum absolute atomic E-state index is 8.88. The van der Waals surface area contributed by atoms with Crippen LogP contribution in [0.3, 0.4) is 0 Å². The predicted octanol–water partition coefficient (Wildman–Crippen LogP) is 5.07. The number of ether oxygens (including phenoxy) is 1. The molecular formula is C18H24O3. The second-order valence-corrected chi connectivity index (χ2v) is 4.64. The summed E-state index contributed by atoms with van der Waals surface area (Å²) in [5.74, 6) is 1.32. The van der Waals surface area contributed by atoms with Crippen molar-refractivity contribution >= 4 is 0 Å². The summed E-state index contributed by atoms with van der Waals surface area (Å²) in [6.07, 6.45) is 0. The summed E-state index contributed by atoms with van der Waals surface area (Å²) in [5, 5.41) is 8.88. The minimum atomic E-state index is 0.504. The van der Waals surface area contributed by atoms with Crippen LogP contribution in [0.1, 0.15) is 36.1 Å². The van der Waals surface area contributed by atoms with Crippen LogP contribution in [0, 0.1) is 20.8 Å². The summed E-state index contributed by atoms with van der Waals surface area (Å²) < 4.78 is 5.85. The Kier molecular flexibility index (Phi) is 6.76. The van der Waals surface area contributed by atoms with Crippen molar-refractivity contribution in [2.75, 3.05) is 0 Å². The molecule has 0 bridgehead atoms. The van der Waals surface area contributed by atoms with Gasteiger partial charge in [-0.05, 0) is 43.5 Å². The van der Waals surface area contributed by atoms with Crippen LogP contribution in [0.5, 0.6) is 11.5 Å². The summed E-state index contributed by atoms with van der Waals surface area (Å²) in [7, 11) is 0. The Morgan fingerprint density at radius 2 is 1.57 bits per heavy atom. The molecule has 2 rings (SSSR count). The molecule has 3 nitrogen and oxygen atoms in total. The van der Waals surface area contributed by atoms with Crippen molar-refractivity contribution in [1.29, 1.82) is 0 Å². The van der Waals surface area contributed by atoms with E-state index in [9.17, 15) is 0 Å². The van der Waals surface area contributed by atoms with E-state index in [2.05, 4.69) is 4.89 Å². The topological polar surface area (TPSA) is 38.7 Å². The molecule has 2 aromatic carbocycles. The number of hydrogen-bond acceptors (Lipinski definition) is 3. The number of benzene rings is 2. The zero-order chi connectivity index (χ0) is 15.8. The standard InChI is InChI=1S/C16H18O3.C2H6/c1-11-9-15(12(2)13(3)16(11)19-17)18-10-14-7-5-4-6-8-14;1-2/h4-9,17H,10H2,1-3H3;1-2H3. The third-order valence-corrected chi connectivity index (χ3v) is 3.31. The van der Waals surface area contributed by atoms with Gasteiger partial charge in [0.15, 0.2) is 5.75 Å². The molecule has 0 aromatic heterocycles. The molecule has 0 heterocycles. The molecule has 2 aromatic rings. The smallest absolute Gasteiger partial charge is 0.171 e. The molecule has 0 aliphatic carbocycles. The summed E-state index contributed by atoms with van der Waals surface area (Å²) in [5.41, 5.74) is 3.85. The average molecular weight is 288 g/mol. The Morgan fingerprint density at radius 1 is 0.952 bits per heavy atom. The van der Waals surface area contributed by atoms with E-state index in [4.69, 9.17) is 9.99 Å². The highest BCUT2D eigenvalue weighted by Crippen LogP contribution is 2.33. The maximum atomic E-state index is 8.88. The van der Waals surface area contributed by atoms with Gasteiger partial charge in [0.25, 0.3) is 0 Å².